The molecule has 1 N–H and O–H groups in total. The SMILES string of the molecule is CCNC(=O)[C@@H](Cc1ccccc1)N(Cc1cccc(C)c1)C(=O)CN(c1ccc2c(c1)OCO2)S(=O)(=O)CC. The summed E-state index contributed by atoms with van der Waals surface area (Å²) < 4.78 is 38.4. The highest BCUT2D eigenvalue weighted by molar-refractivity contribution is 7.92. The van der Waals surface area contributed by atoms with E-state index in [9.17, 15) is 18.0 Å². The van der Waals surface area contributed by atoms with E-state index in [-0.39, 0.29) is 37.1 Å². The zero-order valence-electron chi connectivity index (χ0n) is 23.0. The highest BCUT2D eigenvalue weighted by atomic mass is 32.2. The molecule has 212 valence electrons. The summed E-state index contributed by atoms with van der Waals surface area (Å²) in [4.78, 5) is 29.0. The average Bonchev–Trinajstić information content (AvgIpc) is 3.42. The summed E-state index contributed by atoms with van der Waals surface area (Å²) in [6.07, 6.45) is 0.273. The van der Waals surface area contributed by atoms with Crippen molar-refractivity contribution in [1.82, 2.24) is 10.2 Å². The third-order valence-corrected chi connectivity index (χ3v) is 8.42. The van der Waals surface area contributed by atoms with Crippen LogP contribution in [-0.2, 0) is 32.6 Å². The van der Waals surface area contributed by atoms with Crippen LogP contribution in [0.5, 0.6) is 11.5 Å². The summed E-state index contributed by atoms with van der Waals surface area (Å²) in [5, 5.41) is 2.86. The van der Waals surface area contributed by atoms with Crippen LogP contribution in [0.4, 0.5) is 5.69 Å². The molecule has 3 aromatic rings. The second-order valence-electron chi connectivity index (χ2n) is 9.56. The Kier molecular flexibility index (Phi) is 9.31. The molecular formula is C30H35N3O6S. The van der Waals surface area contributed by atoms with E-state index < -0.39 is 28.5 Å². The Morgan fingerprint density at radius 1 is 0.925 bits per heavy atom. The van der Waals surface area contributed by atoms with Crippen molar-refractivity contribution in [3.05, 3.63) is 89.5 Å². The van der Waals surface area contributed by atoms with Crippen molar-refractivity contribution >= 4 is 27.5 Å². The molecule has 1 aliphatic heterocycles. The molecule has 2 amide bonds. The minimum Gasteiger partial charge on any atom is -0.454 e. The molecule has 9 nitrogen and oxygen atoms in total. The van der Waals surface area contributed by atoms with Crippen LogP contribution in [0.3, 0.4) is 0 Å². The van der Waals surface area contributed by atoms with Gasteiger partial charge in [0, 0.05) is 25.6 Å². The Bertz CT molecular complexity index is 1440. The number of likely N-dealkylation sites (N-methyl/N-ethyl adjacent to an activating group) is 1. The predicted octanol–water partition coefficient (Wildman–Crippen LogP) is 3.66. The fourth-order valence-corrected chi connectivity index (χ4v) is 5.67. The number of carbonyl (C=O) groups excluding carboxylic acids is 2. The van der Waals surface area contributed by atoms with Gasteiger partial charge < -0.3 is 19.7 Å². The van der Waals surface area contributed by atoms with E-state index in [2.05, 4.69) is 5.32 Å². The maximum atomic E-state index is 14.1. The van der Waals surface area contributed by atoms with Crippen LogP contribution < -0.4 is 19.1 Å². The summed E-state index contributed by atoms with van der Waals surface area (Å²) in [6, 6.07) is 21.1. The highest BCUT2D eigenvalue weighted by Crippen LogP contribution is 2.36. The van der Waals surface area contributed by atoms with Crippen molar-refractivity contribution in [2.45, 2.75) is 39.8 Å². The number of hydrogen-bond acceptors (Lipinski definition) is 6. The van der Waals surface area contributed by atoms with Crippen molar-refractivity contribution in [2.75, 3.05) is 29.9 Å². The van der Waals surface area contributed by atoms with Gasteiger partial charge in [0.1, 0.15) is 12.6 Å². The maximum Gasteiger partial charge on any atom is 0.244 e. The van der Waals surface area contributed by atoms with Gasteiger partial charge in [-0.1, -0.05) is 60.2 Å². The molecule has 0 spiro atoms. The minimum atomic E-state index is -3.87. The zero-order valence-corrected chi connectivity index (χ0v) is 23.8. The van der Waals surface area contributed by atoms with Crippen LogP contribution in [-0.4, -0.2) is 56.8 Å². The largest absolute Gasteiger partial charge is 0.454 e. The molecule has 0 unspecified atom stereocenters. The lowest BCUT2D eigenvalue weighted by molar-refractivity contribution is -0.140. The van der Waals surface area contributed by atoms with Crippen molar-refractivity contribution < 1.29 is 27.5 Å². The monoisotopic (exact) mass is 565 g/mol. The average molecular weight is 566 g/mol. The fourth-order valence-electron chi connectivity index (χ4n) is 4.61. The molecule has 0 aromatic heterocycles. The van der Waals surface area contributed by atoms with Gasteiger partial charge in [0.05, 0.1) is 11.4 Å². The number of nitrogens with zero attached hydrogens (tertiary/aromatic N) is 2. The lowest BCUT2D eigenvalue weighted by Gasteiger charge is -2.33. The van der Waals surface area contributed by atoms with Crippen LogP contribution in [0.25, 0.3) is 0 Å². The third-order valence-electron chi connectivity index (χ3n) is 6.68. The molecule has 3 aromatic carbocycles. The standard InChI is InChI=1S/C30H35N3O6S/c1-4-31-30(35)26(17-23-11-7-6-8-12-23)32(19-24-13-9-10-22(3)16-24)29(34)20-33(40(36,37)5-2)25-14-15-27-28(18-25)39-21-38-27/h6-16,18,26H,4-5,17,19-21H2,1-3H3,(H,31,35)/t26-/m1/s1. The smallest absolute Gasteiger partial charge is 0.244 e. The van der Waals surface area contributed by atoms with Gasteiger partial charge in [-0.05, 0) is 44.0 Å². The topological polar surface area (TPSA) is 105 Å². The van der Waals surface area contributed by atoms with Gasteiger partial charge >= 0.3 is 0 Å². The first-order valence-corrected chi connectivity index (χ1v) is 14.9. The molecule has 0 radical (unpaired) electrons. The lowest BCUT2D eigenvalue weighted by Crippen LogP contribution is -2.53. The fraction of sp³-hybridized carbons (Fsp3) is 0.333. The molecule has 1 heterocycles. The molecule has 0 saturated carbocycles. The second kappa shape index (κ2) is 12.9. The van der Waals surface area contributed by atoms with Crippen molar-refractivity contribution in [2.24, 2.45) is 0 Å². The molecule has 0 aliphatic carbocycles. The second-order valence-corrected chi connectivity index (χ2v) is 11.7. The number of ether oxygens (including phenoxy) is 2. The van der Waals surface area contributed by atoms with Crippen molar-refractivity contribution in [3.63, 3.8) is 0 Å². The summed E-state index contributed by atoms with van der Waals surface area (Å²) in [6.45, 7) is 5.38. The van der Waals surface area contributed by atoms with Gasteiger partial charge in [0.25, 0.3) is 0 Å². The molecule has 1 aliphatic rings. The van der Waals surface area contributed by atoms with Gasteiger partial charge in [-0.2, -0.15) is 0 Å². The summed E-state index contributed by atoms with van der Waals surface area (Å²) in [7, 11) is -3.87. The summed E-state index contributed by atoms with van der Waals surface area (Å²) in [5.41, 5.74) is 3.02. The Morgan fingerprint density at radius 2 is 1.65 bits per heavy atom. The van der Waals surface area contributed by atoms with Crippen LogP contribution in [0.2, 0.25) is 0 Å². The Morgan fingerprint density at radius 3 is 2.35 bits per heavy atom. The van der Waals surface area contributed by atoms with E-state index in [0.717, 1.165) is 21.0 Å². The number of aryl methyl sites for hydroxylation is 1. The number of benzene rings is 3. The lowest BCUT2D eigenvalue weighted by atomic mass is 10.0. The van der Waals surface area contributed by atoms with Crippen LogP contribution in [0.15, 0.2) is 72.8 Å². The van der Waals surface area contributed by atoms with Crippen LogP contribution in [0.1, 0.15) is 30.5 Å². The molecule has 0 fully saturated rings. The molecule has 40 heavy (non-hydrogen) atoms. The first-order valence-electron chi connectivity index (χ1n) is 13.3. The number of hydrogen-bond donors (Lipinski definition) is 1. The molecular weight excluding hydrogens is 530 g/mol. The van der Waals surface area contributed by atoms with Gasteiger partial charge in [-0.15, -0.1) is 0 Å². The number of anilines is 1. The molecule has 4 rings (SSSR count). The van der Waals surface area contributed by atoms with E-state index in [0.29, 0.717) is 18.0 Å². The number of carbonyl (C=O) groups is 2. The van der Waals surface area contributed by atoms with E-state index in [4.69, 9.17) is 9.47 Å². The number of amides is 2. The van der Waals surface area contributed by atoms with Gasteiger partial charge in [-0.25, -0.2) is 8.42 Å². The van der Waals surface area contributed by atoms with Crippen LogP contribution >= 0.6 is 0 Å². The van der Waals surface area contributed by atoms with E-state index >= 15 is 0 Å². The summed E-state index contributed by atoms with van der Waals surface area (Å²) in [5.74, 6) is -0.105. The molecule has 0 bridgehead atoms. The van der Waals surface area contributed by atoms with Gasteiger partial charge in [-0.3, -0.25) is 13.9 Å². The molecule has 0 saturated heterocycles. The summed E-state index contributed by atoms with van der Waals surface area (Å²) >= 11 is 0. The highest BCUT2D eigenvalue weighted by Gasteiger charge is 2.34. The molecule has 1 atom stereocenters. The van der Waals surface area contributed by atoms with Crippen LogP contribution in [0, 0.1) is 6.92 Å². The number of rotatable bonds is 12. The number of sulfonamides is 1. The normalized spacial score (nSPS) is 13.0. The maximum absolute atomic E-state index is 14.1. The minimum absolute atomic E-state index is 0.0379. The zero-order chi connectivity index (χ0) is 28.7. The Labute approximate surface area is 235 Å². The first kappa shape index (κ1) is 28.9. The Balaban J connectivity index is 1.73. The molecule has 10 heteroatoms. The van der Waals surface area contributed by atoms with E-state index in [1.165, 1.54) is 11.8 Å². The number of nitrogens with one attached hydrogen (secondary N) is 1. The van der Waals surface area contributed by atoms with E-state index in [1.54, 1.807) is 18.2 Å². The third kappa shape index (κ3) is 6.93. The quantitative estimate of drug-likeness (QED) is 0.360. The van der Waals surface area contributed by atoms with Gasteiger partial charge in [0.15, 0.2) is 11.5 Å². The van der Waals surface area contributed by atoms with E-state index in [1.807, 2.05) is 68.4 Å². The Hall–Kier alpha value is -4.05. The van der Waals surface area contributed by atoms with Crippen molar-refractivity contribution in [3.8, 4) is 11.5 Å². The predicted molar refractivity (Wildman–Crippen MR) is 154 cm³/mol. The number of fused-ring (bicyclic) bond motifs is 1. The van der Waals surface area contributed by atoms with Crippen molar-refractivity contribution in [1.29, 1.82) is 0 Å². The first-order chi connectivity index (χ1) is 19.2. The van der Waals surface area contributed by atoms with Gasteiger partial charge in [0.2, 0.25) is 28.6 Å².